The Kier molecular flexibility index (Phi) is 5.99. The van der Waals surface area contributed by atoms with E-state index in [4.69, 9.17) is 32.9 Å². The van der Waals surface area contributed by atoms with E-state index >= 15 is 0 Å². The van der Waals surface area contributed by atoms with Gasteiger partial charge in [-0.1, -0.05) is 30.3 Å². The van der Waals surface area contributed by atoms with Gasteiger partial charge in [-0.15, -0.1) is 23.1 Å². The van der Waals surface area contributed by atoms with Gasteiger partial charge in [0.05, 0.1) is 5.69 Å². The Morgan fingerprint density at radius 3 is 2.17 bits per heavy atom. The van der Waals surface area contributed by atoms with E-state index < -0.39 is 17.4 Å². The van der Waals surface area contributed by atoms with Gasteiger partial charge >= 0.3 is 0 Å². The lowest BCUT2D eigenvalue weighted by molar-refractivity contribution is 0.0998. The highest BCUT2D eigenvalue weighted by atomic mass is 32.2. The molecule has 8 N–H and O–H groups in total. The number of aliphatic imine (C=N–C) groups is 1. The standard InChI is InChI=1S/C26H22N6O2S2/c27-17-6-1-14(2-7-17)21-12-35-24(31-21)25-32-26(13-36-25,16-4-8-18(28)9-5-16)20-10-3-15(22(29)33)11-19(20)23(30)34/h1-12H,13,27-28H2,(H2,29,33)(H2,30,34). The zero-order chi connectivity index (χ0) is 25.4. The fourth-order valence-corrected chi connectivity index (χ4v) is 6.29. The second kappa shape index (κ2) is 9.14. The number of thiazole rings is 1. The van der Waals surface area contributed by atoms with E-state index in [2.05, 4.69) is 0 Å². The van der Waals surface area contributed by atoms with Crippen LogP contribution in [-0.2, 0) is 5.54 Å². The van der Waals surface area contributed by atoms with Crippen molar-refractivity contribution in [1.29, 1.82) is 0 Å². The molecule has 1 aliphatic rings. The molecule has 8 nitrogen and oxygen atoms in total. The van der Waals surface area contributed by atoms with E-state index in [-0.39, 0.29) is 11.1 Å². The monoisotopic (exact) mass is 514 g/mol. The second-order valence-corrected chi connectivity index (χ2v) is 10.2. The number of nitrogens with two attached hydrogens (primary N) is 4. The number of benzene rings is 3. The Morgan fingerprint density at radius 1 is 0.861 bits per heavy atom. The van der Waals surface area contributed by atoms with Crippen LogP contribution in [0.2, 0.25) is 0 Å². The highest BCUT2D eigenvalue weighted by molar-refractivity contribution is 8.15. The molecule has 0 saturated carbocycles. The Labute approximate surface area is 215 Å². The maximum absolute atomic E-state index is 12.5. The highest BCUT2D eigenvalue weighted by Gasteiger charge is 2.42. The third-order valence-electron chi connectivity index (χ3n) is 6.01. The molecule has 3 aromatic carbocycles. The Morgan fingerprint density at radius 2 is 1.53 bits per heavy atom. The van der Waals surface area contributed by atoms with Crippen LogP contribution in [0.4, 0.5) is 11.4 Å². The van der Waals surface area contributed by atoms with E-state index in [9.17, 15) is 9.59 Å². The van der Waals surface area contributed by atoms with Crippen LogP contribution < -0.4 is 22.9 Å². The van der Waals surface area contributed by atoms with Crippen LogP contribution in [0, 0.1) is 0 Å². The van der Waals surface area contributed by atoms with Crippen LogP contribution in [-0.4, -0.2) is 27.6 Å². The summed E-state index contributed by atoms with van der Waals surface area (Å²) in [4.78, 5) is 34.2. The fraction of sp³-hybridized carbons (Fsp3) is 0.0769. The van der Waals surface area contributed by atoms with E-state index in [0.717, 1.165) is 26.9 Å². The number of anilines is 2. The van der Waals surface area contributed by atoms with Gasteiger partial charge in [0.1, 0.15) is 15.6 Å². The molecule has 0 radical (unpaired) electrons. The molecule has 2 amide bonds. The highest BCUT2D eigenvalue weighted by Crippen LogP contribution is 2.46. The number of nitrogens with zero attached hydrogens (tertiary/aromatic N) is 2. The number of hydrogen-bond donors (Lipinski definition) is 4. The average Bonchev–Trinajstić information content (AvgIpc) is 3.53. The molecule has 36 heavy (non-hydrogen) atoms. The Balaban J connectivity index is 1.65. The number of thioether (sulfide) groups is 1. The number of rotatable bonds is 6. The van der Waals surface area contributed by atoms with Crippen LogP contribution in [0.25, 0.3) is 11.3 Å². The summed E-state index contributed by atoms with van der Waals surface area (Å²) < 4.78 is 0. The molecular weight excluding hydrogens is 492 g/mol. The quantitative estimate of drug-likeness (QED) is 0.287. The van der Waals surface area contributed by atoms with E-state index in [0.29, 0.717) is 22.7 Å². The zero-order valence-corrected chi connectivity index (χ0v) is 20.6. The minimum absolute atomic E-state index is 0.190. The lowest BCUT2D eigenvalue weighted by Crippen LogP contribution is -2.30. The summed E-state index contributed by atoms with van der Waals surface area (Å²) in [6.45, 7) is 0. The minimum atomic E-state index is -0.943. The fourth-order valence-electron chi connectivity index (χ4n) is 4.14. The van der Waals surface area contributed by atoms with Crippen LogP contribution in [0.5, 0.6) is 0 Å². The maximum atomic E-state index is 12.5. The molecule has 1 aliphatic heterocycles. The van der Waals surface area contributed by atoms with Gasteiger partial charge in [0.2, 0.25) is 11.8 Å². The maximum Gasteiger partial charge on any atom is 0.249 e. The van der Waals surface area contributed by atoms with Crippen molar-refractivity contribution in [3.63, 3.8) is 0 Å². The first-order chi connectivity index (χ1) is 17.3. The predicted molar refractivity (Wildman–Crippen MR) is 146 cm³/mol. The molecule has 180 valence electrons. The lowest BCUT2D eigenvalue weighted by atomic mass is 9.81. The van der Waals surface area contributed by atoms with Crippen molar-refractivity contribution in [3.8, 4) is 11.3 Å². The number of aromatic nitrogens is 1. The van der Waals surface area contributed by atoms with Gasteiger partial charge in [-0.25, -0.2) is 4.98 Å². The van der Waals surface area contributed by atoms with Gasteiger partial charge in [0, 0.05) is 39.2 Å². The van der Waals surface area contributed by atoms with Gasteiger partial charge in [-0.05, 0) is 47.5 Å². The normalized spacial score (nSPS) is 17.1. The molecule has 1 atom stereocenters. The van der Waals surface area contributed by atoms with Crippen molar-refractivity contribution in [3.05, 3.63) is 99.4 Å². The number of amides is 2. The molecule has 10 heteroatoms. The third-order valence-corrected chi connectivity index (χ3v) is 8.11. The first-order valence-electron chi connectivity index (χ1n) is 10.9. The first kappa shape index (κ1) is 23.6. The average molecular weight is 515 g/mol. The topological polar surface area (TPSA) is 163 Å². The van der Waals surface area contributed by atoms with Crippen molar-refractivity contribution in [2.45, 2.75) is 5.54 Å². The summed E-state index contributed by atoms with van der Waals surface area (Å²) in [6.07, 6.45) is 0. The molecule has 0 aliphatic carbocycles. The van der Waals surface area contributed by atoms with E-state index in [1.165, 1.54) is 17.4 Å². The van der Waals surface area contributed by atoms with Crippen LogP contribution in [0.3, 0.4) is 0 Å². The summed E-state index contributed by atoms with van der Waals surface area (Å²) in [5.74, 6) is -0.816. The van der Waals surface area contributed by atoms with Crippen molar-refractivity contribution in [2.75, 3.05) is 17.2 Å². The first-order valence-corrected chi connectivity index (χ1v) is 12.8. The van der Waals surface area contributed by atoms with Gasteiger partial charge in [-0.3, -0.25) is 14.6 Å². The Bertz CT molecular complexity index is 1510. The number of carbonyl (C=O) groups is 2. The lowest BCUT2D eigenvalue weighted by Gasteiger charge is -2.28. The zero-order valence-electron chi connectivity index (χ0n) is 19.0. The SMILES string of the molecule is NC(=O)c1ccc(C2(c3ccc(N)cc3)CSC(c3nc(-c4ccc(N)cc4)cs3)=N2)c(C(N)=O)c1. The van der Waals surface area contributed by atoms with Crippen molar-refractivity contribution < 1.29 is 9.59 Å². The predicted octanol–water partition coefficient (Wildman–Crippen LogP) is 3.61. The van der Waals surface area contributed by atoms with E-state index in [1.54, 1.807) is 36.0 Å². The van der Waals surface area contributed by atoms with Crippen LogP contribution in [0.15, 0.2) is 77.1 Å². The number of primary amides is 2. The number of nitrogen functional groups attached to an aromatic ring is 2. The molecule has 4 aromatic rings. The third kappa shape index (κ3) is 4.21. The molecule has 5 rings (SSSR count). The molecular formula is C26H22N6O2S2. The molecule has 1 unspecified atom stereocenters. The minimum Gasteiger partial charge on any atom is -0.399 e. The smallest absolute Gasteiger partial charge is 0.249 e. The number of carbonyl (C=O) groups excluding carboxylic acids is 2. The largest absolute Gasteiger partial charge is 0.399 e. The van der Waals surface area contributed by atoms with Gasteiger partial charge in [0.25, 0.3) is 0 Å². The van der Waals surface area contributed by atoms with Gasteiger partial charge < -0.3 is 22.9 Å². The summed E-state index contributed by atoms with van der Waals surface area (Å²) in [6, 6.07) is 19.6. The van der Waals surface area contributed by atoms with Gasteiger partial charge in [0.15, 0.2) is 0 Å². The summed E-state index contributed by atoms with van der Waals surface area (Å²) in [7, 11) is 0. The molecule has 0 fully saturated rings. The summed E-state index contributed by atoms with van der Waals surface area (Å²) >= 11 is 3.03. The van der Waals surface area contributed by atoms with Crippen molar-refractivity contribution >= 4 is 51.3 Å². The number of hydrogen-bond acceptors (Lipinski definition) is 8. The van der Waals surface area contributed by atoms with E-state index in [1.807, 2.05) is 41.8 Å². The second-order valence-electron chi connectivity index (χ2n) is 8.34. The van der Waals surface area contributed by atoms with Crippen molar-refractivity contribution in [2.24, 2.45) is 16.5 Å². The van der Waals surface area contributed by atoms with Gasteiger partial charge in [-0.2, -0.15) is 0 Å². The summed E-state index contributed by atoms with van der Waals surface area (Å²) in [5.41, 5.74) is 26.9. The van der Waals surface area contributed by atoms with Crippen LogP contribution >= 0.6 is 23.1 Å². The molecule has 2 heterocycles. The van der Waals surface area contributed by atoms with Crippen molar-refractivity contribution in [1.82, 2.24) is 4.98 Å². The molecule has 1 aromatic heterocycles. The molecule has 0 saturated heterocycles. The molecule has 0 bridgehead atoms. The summed E-state index contributed by atoms with van der Waals surface area (Å²) in [5, 5.41) is 3.48. The van der Waals surface area contributed by atoms with Crippen LogP contribution in [0.1, 0.15) is 36.9 Å². The Hall–Kier alpha value is -4.15. The molecule has 0 spiro atoms.